The zero-order valence-electron chi connectivity index (χ0n) is 7.67. The minimum Gasteiger partial charge on any atom is -0.333 e. The third kappa shape index (κ3) is 1.25. The number of fused-ring (bicyclic) bond motifs is 1. The zero-order valence-corrected chi connectivity index (χ0v) is 7.67. The van der Waals surface area contributed by atoms with Crippen LogP contribution in [0.1, 0.15) is 30.9 Å². The average molecular weight is 165 g/mol. The lowest BCUT2D eigenvalue weighted by Crippen LogP contribution is -2.18. The van der Waals surface area contributed by atoms with Gasteiger partial charge < -0.3 is 9.88 Å². The van der Waals surface area contributed by atoms with Crippen LogP contribution in [0.15, 0.2) is 6.20 Å². The van der Waals surface area contributed by atoms with E-state index in [1.54, 1.807) is 0 Å². The lowest BCUT2D eigenvalue weighted by Gasteiger charge is -2.08. The SMILES string of the molecule is Cc1cn2c(n1)C(C)NCCC2. The number of nitrogens with one attached hydrogen (secondary N) is 1. The Morgan fingerprint density at radius 3 is 3.33 bits per heavy atom. The Morgan fingerprint density at radius 1 is 1.67 bits per heavy atom. The highest BCUT2D eigenvalue weighted by molar-refractivity contribution is 5.06. The maximum Gasteiger partial charge on any atom is 0.125 e. The highest BCUT2D eigenvalue weighted by atomic mass is 15.1. The largest absolute Gasteiger partial charge is 0.333 e. The Bertz CT molecular complexity index is 277. The molecule has 2 heterocycles. The summed E-state index contributed by atoms with van der Waals surface area (Å²) in [7, 11) is 0. The number of nitrogens with zero attached hydrogens (tertiary/aromatic N) is 2. The monoisotopic (exact) mass is 165 g/mol. The molecule has 1 aromatic rings. The van der Waals surface area contributed by atoms with Gasteiger partial charge in [0.05, 0.1) is 11.7 Å². The maximum atomic E-state index is 4.49. The Hall–Kier alpha value is -0.830. The van der Waals surface area contributed by atoms with Crippen LogP contribution in [-0.2, 0) is 6.54 Å². The highest BCUT2D eigenvalue weighted by Crippen LogP contribution is 2.15. The van der Waals surface area contributed by atoms with Crippen LogP contribution in [-0.4, -0.2) is 16.1 Å². The summed E-state index contributed by atoms with van der Waals surface area (Å²) in [5, 5.41) is 3.43. The molecule has 1 N–H and O–H groups in total. The van der Waals surface area contributed by atoms with Gasteiger partial charge >= 0.3 is 0 Å². The van der Waals surface area contributed by atoms with Crippen molar-refractivity contribution in [1.29, 1.82) is 0 Å². The third-order valence-corrected chi connectivity index (χ3v) is 2.34. The molecule has 3 heteroatoms. The van der Waals surface area contributed by atoms with Crippen LogP contribution in [0, 0.1) is 6.92 Å². The molecule has 0 saturated heterocycles. The van der Waals surface area contributed by atoms with Crippen molar-refractivity contribution in [3.63, 3.8) is 0 Å². The Balaban J connectivity index is 2.38. The Kier molecular flexibility index (Phi) is 1.89. The molecule has 0 saturated carbocycles. The van der Waals surface area contributed by atoms with Gasteiger partial charge in [-0.15, -0.1) is 0 Å². The summed E-state index contributed by atoms with van der Waals surface area (Å²) in [5.74, 6) is 1.19. The predicted octanol–water partition coefficient (Wildman–Crippen LogP) is 1.25. The van der Waals surface area contributed by atoms with E-state index in [2.05, 4.69) is 28.0 Å². The van der Waals surface area contributed by atoms with Gasteiger partial charge in [0, 0.05) is 12.7 Å². The fraction of sp³-hybridized carbons (Fsp3) is 0.667. The van der Waals surface area contributed by atoms with E-state index >= 15 is 0 Å². The van der Waals surface area contributed by atoms with Crippen LogP contribution in [0.4, 0.5) is 0 Å². The number of hydrogen-bond acceptors (Lipinski definition) is 2. The van der Waals surface area contributed by atoms with Crippen molar-refractivity contribution in [2.75, 3.05) is 6.54 Å². The van der Waals surface area contributed by atoms with Crippen LogP contribution in [0.3, 0.4) is 0 Å². The molecule has 3 nitrogen and oxygen atoms in total. The first kappa shape index (κ1) is 7.80. The molecular weight excluding hydrogens is 150 g/mol. The van der Waals surface area contributed by atoms with Crippen LogP contribution in [0.25, 0.3) is 0 Å². The van der Waals surface area contributed by atoms with E-state index in [1.165, 1.54) is 12.2 Å². The van der Waals surface area contributed by atoms with E-state index in [4.69, 9.17) is 0 Å². The third-order valence-electron chi connectivity index (χ3n) is 2.34. The molecule has 0 amide bonds. The van der Waals surface area contributed by atoms with Crippen molar-refractivity contribution in [3.8, 4) is 0 Å². The lowest BCUT2D eigenvalue weighted by atomic mass is 10.3. The quantitative estimate of drug-likeness (QED) is 0.627. The van der Waals surface area contributed by atoms with Crippen molar-refractivity contribution < 1.29 is 0 Å². The molecule has 1 aliphatic rings. The second-order valence-electron chi connectivity index (χ2n) is 3.46. The van der Waals surface area contributed by atoms with Crippen LogP contribution >= 0.6 is 0 Å². The van der Waals surface area contributed by atoms with Gasteiger partial charge in [0.2, 0.25) is 0 Å². The fourth-order valence-corrected chi connectivity index (χ4v) is 1.75. The highest BCUT2D eigenvalue weighted by Gasteiger charge is 2.15. The number of imidazole rings is 1. The molecule has 0 spiro atoms. The second kappa shape index (κ2) is 2.90. The van der Waals surface area contributed by atoms with Gasteiger partial charge in [-0.2, -0.15) is 0 Å². The second-order valence-corrected chi connectivity index (χ2v) is 3.46. The molecule has 1 unspecified atom stereocenters. The topological polar surface area (TPSA) is 29.9 Å². The van der Waals surface area contributed by atoms with Gasteiger partial charge in [-0.3, -0.25) is 0 Å². The van der Waals surface area contributed by atoms with Crippen LogP contribution in [0.5, 0.6) is 0 Å². The normalized spacial score (nSPS) is 23.3. The smallest absolute Gasteiger partial charge is 0.125 e. The molecule has 66 valence electrons. The van der Waals surface area contributed by atoms with Crippen molar-refractivity contribution in [3.05, 3.63) is 17.7 Å². The molecular formula is C9H15N3. The Morgan fingerprint density at radius 2 is 2.50 bits per heavy atom. The van der Waals surface area contributed by atoms with Gasteiger partial charge in [0.25, 0.3) is 0 Å². The first-order valence-electron chi connectivity index (χ1n) is 4.54. The van der Waals surface area contributed by atoms with E-state index < -0.39 is 0 Å². The molecule has 0 aliphatic carbocycles. The van der Waals surface area contributed by atoms with E-state index in [0.717, 1.165) is 18.8 Å². The summed E-state index contributed by atoms with van der Waals surface area (Å²) in [6.07, 6.45) is 3.34. The summed E-state index contributed by atoms with van der Waals surface area (Å²) >= 11 is 0. The van der Waals surface area contributed by atoms with Crippen molar-refractivity contribution in [2.24, 2.45) is 0 Å². The van der Waals surface area contributed by atoms with Crippen molar-refractivity contribution >= 4 is 0 Å². The maximum absolute atomic E-state index is 4.49. The minimum absolute atomic E-state index is 0.404. The van der Waals surface area contributed by atoms with E-state index in [1.807, 2.05) is 6.92 Å². The first-order chi connectivity index (χ1) is 5.77. The van der Waals surface area contributed by atoms with Gasteiger partial charge in [0.1, 0.15) is 5.82 Å². The van der Waals surface area contributed by atoms with Crippen LogP contribution in [0.2, 0.25) is 0 Å². The number of hydrogen-bond donors (Lipinski definition) is 1. The van der Waals surface area contributed by atoms with Crippen molar-refractivity contribution in [1.82, 2.24) is 14.9 Å². The minimum atomic E-state index is 0.404. The molecule has 1 aromatic heterocycles. The standard InChI is InChI=1S/C9H15N3/c1-7-6-12-5-3-4-10-8(2)9(12)11-7/h6,8,10H,3-5H2,1-2H3. The first-order valence-corrected chi connectivity index (χ1v) is 4.54. The molecule has 0 aromatic carbocycles. The van der Waals surface area contributed by atoms with Gasteiger partial charge in [-0.1, -0.05) is 0 Å². The van der Waals surface area contributed by atoms with E-state index in [9.17, 15) is 0 Å². The summed E-state index contributed by atoms with van der Waals surface area (Å²) < 4.78 is 2.26. The zero-order chi connectivity index (χ0) is 8.55. The summed E-state index contributed by atoms with van der Waals surface area (Å²) in [4.78, 5) is 4.49. The number of aromatic nitrogens is 2. The summed E-state index contributed by atoms with van der Waals surface area (Å²) in [6.45, 7) is 6.43. The average Bonchev–Trinajstić information content (AvgIpc) is 2.33. The number of aryl methyl sites for hydroxylation is 2. The summed E-state index contributed by atoms with van der Waals surface area (Å²) in [6, 6.07) is 0.404. The van der Waals surface area contributed by atoms with Crippen LogP contribution < -0.4 is 5.32 Å². The van der Waals surface area contributed by atoms with Gasteiger partial charge in [-0.05, 0) is 26.8 Å². The molecule has 12 heavy (non-hydrogen) atoms. The molecule has 2 rings (SSSR count). The molecule has 1 atom stereocenters. The van der Waals surface area contributed by atoms with Gasteiger partial charge in [0.15, 0.2) is 0 Å². The number of rotatable bonds is 0. The molecule has 1 aliphatic heterocycles. The van der Waals surface area contributed by atoms with Gasteiger partial charge in [-0.25, -0.2) is 4.98 Å². The van der Waals surface area contributed by atoms with E-state index in [-0.39, 0.29) is 0 Å². The molecule has 0 fully saturated rings. The lowest BCUT2D eigenvalue weighted by molar-refractivity contribution is 0.570. The van der Waals surface area contributed by atoms with E-state index in [0.29, 0.717) is 6.04 Å². The Labute approximate surface area is 72.8 Å². The fourth-order valence-electron chi connectivity index (χ4n) is 1.75. The predicted molar refractivity (Wildman–Crippen MR) is 48.0 cm³/mol. The summed E-state index contributed by atoms with van der Waals surface area (Å²) in [5.41, 5.74) is 1.13. The molecule has 0 radical (unpaired) electrons. The van der Waals surface area contributed by atoms with Crippen molar-refractivity contribution in [2.45, 2.75) is 32.9 Å². The molecule has 0 bridgehead atoms.